The summed E-state index contributed by atoms with van der Waals surface area (Å²) >= 11 is 0. The second-order valence-electron chi connectivity index (χ2n) is 7.70. The first-order valence-corrected chi connectivity index (χ1v) is 9.00. The summed E-state index contributed by atoms with van der Waals surface area (Å²) in [6.07, 6.45) is 5.31. The van der Waals surface area contributed by atoms with Crippen LogP contribution in [0.5, 0.6) is 0 Å². The monoisotopic (exact) mass is 256 g/mol. The van der Waals surface area contributed by atoms with E-state index in [1.807, 2.05) is 0 Å². The Morgan fingerprint density at radius 3 is 1.18 bits per heavy atom. The lowest BCUT2D eigenvalue weighted by Gasteiger charge is -2.42. The van der Waals surface area contributed by atoms with Crippen molar-refractivity contribution < 1.29 is 8.85 Å². The predicted molar refractivity (Wildman–Crippen MR) is 73.4 cm³/mol. The third-order valence-electron chi connectivity index (χ3n) is 3.22. The van der Waals surface area contributed by atoms with E-state index < -0.39 is 8.56 Å². The molecule has 2 aliphatic carbocycles. The molecule has 100 valence electrons. The highest BCUT2D eigenvalue weighted by Gasteiger charge is 2.63. The molecule has 0 spiro atoms. The van der Waals surface area contributed by atoms with Crippen LogP contribution in [0.4, 0.5) is 0 Å². The Morgan fingerprint density at radius 2 is 1.00 bits per heavy atom. The van der Waals surface area contributed by atoms with Crippen LogP contribution in [0.2, 0.25) is 11.1 Å². The van der Waals surface area contributed by atoms with Crippen molar-refractivity contribution in [1.82, 2.24) is 0 Å². The molecule has 0 aliphatic heterocycles. The molecule has 2 nitrogen and oxygen atoms in total. The van der Waals surface area contributed by atoms with Crippen molar-refractivity contribution in [3.05, 3.63) is 0 Å². The summed E-state index contributed by atoms with van der Waals surface area (Å²) in [6, 6.07) is 0. The van der Waals surface area contributed by atoms with Crippen LogP contribution >= 0.6 is 0 Å². The fraction of sp³-hybridized carbons (Fsp3) is 1.00. The van der Waals surface area contributed by atoms with Gasteiger partial charge in [-0.1, -0.05) is 0 Å². The van der Waals surface area contributed by atoms with Gasteiger partial charge in [0.2, 0.25) is 0 Å². The molecule has 0 radical (unpaired) electrons. The van der Waals surface area contributed by atoms with Gasteiger partial charge >= 0.3 is 8.56 Å². The SMILES string of the molecule is CC(C)(C)O[Si](OC(C)(C)C)(C1CC1)C1CC1. The van der Waals surface area contributed by atoms with E-state index in [0.717, 1.165) is 11.1 Å². The maximum Gasteiger partial charge on any atom is 0.345 e. The van der Waals surface area contributed by atoms with Gasteiger partial charge in [0.1, 0.15) is 0 Å². The van der Waals surface area contributed by atoms with Crippen LogP contribution in [-0.4, -0.2) is 19.8 Å². The van der Waals surface area contributed by atoms with Gasteiger partial charge in [0.25, 0.3) is 0 Å². The summed E-state index contributed by atoms with van der Waals surface area (Å²) in [5.74, 6) is 0. The first-order chi connectivity index (χ1) is 7.62. The minimum atomic E-state index is -2.00. The van der Waals surface area contributed by atoms with Gasteiger partial charge in [0, 0.05) is 11.1 Å². The predicted octanol–water partition coefficient (Wildman–Crippen LogP) is 4.39. The largest absolute Gasteiger partial charge is 0.389 e. The van der Waals surface area contributed by atoms with Crippen molar-refractivity contribution in [2.45, 2.75) is 89.5 Å². The van der Waals surface area contributed by atoms with Crippen LogP contribution in [0.25, 0.3) is 0 Å². The quantitative estimate of drug-likeness (QED) is 0.695. The van der Waals surface area contributed by atoms with E-state index in [1.54, 1.807) is 0 Å². The van der Waals surface area contributed by atoms with Gasteiger partial charge in [-0.2, -0.15) is 0 Å². The Morgan fingerprint density at radius 1 is 0.706 bits per heavy atom. The van der Waals surface area contributed by atoms with Gasteiger partial charge in [-0.15, -0.1) is 0 Å². The summed E-state index contributed by atoms with van der Waals surface area (Å²) in [5, 5.41) is 0. The van der Waals surface area contributed by atoms with Crippen LogP contribution in [0.15, 0.2) is 0 Å². The van der Waals surface area contributed by atoms with Crippen molar-refractivity contribution in [2.75, 3.05) is 0 Å². The second kappa shape index (κ2) is 4.07. The number of hydrogen-bond acceptors (Lipinski definition) is 2. The van der Waals surface area contributed by atoms with E-state index >= 15 is 0 Å². The van der Waals surface area contributed by atoms with Crippen molar-refractivity contribution in [3.8, 4) is 0 Å². The lowest BCUT2D eigenvalue weighted by Crippen LogP contribution is -2.52. The van der Waals surface area contributed by atoms with Crippen LogP contribution in [0.3, 0.4) is 0 Å². The van der Waals surface area contributed by atoms with Gasteiger partial charge in [0.05, 0.1) is 11.2 Å². The molecule has 0 saturated heterocycles. The zero-order valence-electron chi connectivity index (χ0n) is 12.3. The second-order valence-corrected chi connectivity index (χ2v) is 11.2. The Kier molecular flexibility index (Phi) is 3.25. The summed E-state index contributed by atoms with van der Waals surface area (Å²) in [7, 11) is -2.00. The molecule has 0 N–H and O–H groups in total. The smallest absolute Gasteiger partial charge is 0.345 e. The van der Waals surface area contributed by atoms with E-state index in [-0.39, 0.29) is 11.2 Å². The Hall–Kier alpha value is 0.137. The third-order valence-corrected chi connectivity index (χ3v) is 8.52. The Labute approximate surface area is 107 Å². The van der Waals surface area contributed by atoms with Crippen LogP contribution in [0, 0.1) is 0 Å². The fourth-order valence-corrected chi connectivity index (χ4v) is 7.85. The van der Waals surface area contributed by atoms with Crippen molar-refractivity contribution in [2.24, 2.45) is 0 Å². The molecule has 2 rings (SSSR count). The lowest BCUT2D eigenvalue weighted by atomic mass is 10.2. The molecule has 0 atom stereocenters. The lowest BCUT2D eigenvalue weighted by molar-refractivity contribution is 0.0115. The summed E-state index contributed by atoms with van der Waals surface area (Å²) < 4.78 is 13.1. The number of hydrogen-bond donors (Lipinski definition) is 0. The molecule has 0 heterocycles. The standard InChI is InChI=1S/C14H28O2Si/c1-13(2,3)15-17(11-7-8-11,12-9-10-12)16-14(4,5)6/h11-12H,7-10H2,1-6H3. The van der Waals surface area contributed by atoms with E-state index in [0.29, 0.717) is 0 Å². The molecule has 0 aromatic heterocycles. The Balaban J connectivity index is 2.19. The Bertz CT molecular complexity index is 250. The van der Waals surface area contributed by atoms with Gasteiger partial charge < -0.3 is 8.85 Å². The summed E-state index contributed by atoms with van der Waals surface area (Å²) in [4.78, 5) is 0. The molecular weight excluding hydrogens is 228 g/mol. The maximum absolute atomic E-state index is 6.57. The molecule has 2 saturated carbocycles. The molecule has 2 fully saturated rings. The van der Waals surface area contributed by atoms with Crippen LogP contribution in [-0.2, 0) is 8.85 Å². The molecule has 0 aromatic carbocycles. The molecular formula is C14H28O2Si. The van der Waals surface area contributed by atoms with E-state index in [2.05, 4.69) is 41.5 Å². The van der Waals surface area contributed by atoms with Gasteiger partial charge in [-0.25, -0.2) is 0 Å². The summed E-state index contributed by atoms with van der Waals surface area (Å²) in [5.41, 5.74) is 1.38. The maximum atomic E-state index is 6.57. The van der Waals surface area contributed by atoms with Gasteiger partial charge in [0.15, 0.2) is 0 Å². The van der Waals surface area contributed by atoms with Crippen molar-refractivity contribution in [1.29, 1.82) is 0 Å². The van der Waals surface area contributed by atoms with E-state index in [1.165, 1.54) is 25.7 Å². The topological polar surface area (TPSA) is 18.5 Å². The molecule has 0 aromatic rings. The van der Waals surface area contributed by atoms with Crippen molar-refractivity contribution in [3.63, 3.8) is 0 Å². The fourth-order valence-electron chi connectivity index (χ4n) is 2.62. The van der Waals surface area contributed by atoms with Crippen molar-refractivity contribution >= 4 is 8.56 Å². The van der Waals surface area contributed by atoms with Gasteiger partial charge in [-0.3, -0.25) is 0 Å². The minimum absolute atomic E-state index is 0.0668. The normalized spacial score (nSPS) is 22.9. The zero-order valence-corrected chi connectivity index (χ0v) is 13.3. The average Bonchev–Trinajstić information content (AvgIpc) is 2.94. The summed E-state index contributed by atoms with van der Waals surface area (Å²) in [6.45, 7) is 13.0. The zero-order chi connectivity index (χ0) is 12.9. The minimum Gasteiger partial charge on any atom is -0.389 e. The van der Waals surface area contributed by atoms with Crippen LogP contribution < -0.4 is 0 Å². The molecule has 2 aliphatic rings. The molecule has 0 unspecified atom stereocenters. The van der Waals surface area contributed by atoms with E-state index in [4.69, 9.17) is 8.85 Å². The first kappa shape index (κ1) is 13.6. The molecule has 3 heteroatoms. The highest BCUT2D eigenvalue weighted by molar-refractivity contribution is 6.72. The third kappa shape index (κ3) is 3.55. The highest BCUT2D eigenvalue weighted by atomic mass is 28.4. The van der Waals surface area contributed by atoms with Gasteiger partial charge in [-0.05, 0) is 67.2 Å². The molecule has 0 amide bonds. The highest BCUT2D eigenvalue weighted by Crippen LogP contribution is 2.60. The van der Waals surface area contributed by atoms with E-state index in [9.17, 15) is 0 Å². The molecule has 17 heavy (non-hydrogen) atoms. The molecule has 0 bridgehead atoms. The number of rotatable bonds is 4. The first-order valence-electron chi connectivity index (χ1n) is 7.03. The van der Waals surface area contributed by atoms with Crippen LogP contribution in [0.1, 0.15) is 67.2 Å². The average molecular weight is 256 g/mol.